The molecular weight excluding hydrogens is 208 g/mol. The van der Waals surface area contributed by atoms with E-state index in [1.54, 1.807) is 0 Å². The van der Waals surface area contributed by atoms with Crippen molar-refractivity contribution in [2.45, 2.75) is 6.92 Å². The Bertz CT molecular complexity index is 464. The zero-order valence-electron chi connectivity index (χ0n) is 8.68. The Labute approximate surface area is 92.3 Å². The number of aliphatic imine (C=N–C) groups is 1. The molecule has 0 spiro atoms. The maximum Gasteiger partial charge on any atom is 0.259 e. The van der Waals surface area contributed by atoms with Crippen molar-refractivity contribution in [1.82, 2.24) is 10.6 Å². The van der Waals surface area contributed by atoms with Crippen molar-refractivity contribution in [2.24, 2.45) is 10.7 Å². The normalized spacial score (nSPS) is 15.9. The van der Waals surface area contributed by atoms with Crippen molar-refractivity contribution >= 4 is 5.84 Å². The van der Waals surface area contributed by atoms with Gasteiger partial charge in [0.15, 0.2) is 5.84 Å². The number of aryl methyl sites for hydroxylation is 1. The van der Waals surface area contributed by atoms with Gasteiger partial charge in [-0.3, -0.25) is 10.6 Å². The lowest BCUT2D eigenvalue weighted by Gasteiger charge is -2.23. The molecule has 0 amide bonds. The van der Waals surface area contributed by atoms with Crippen LogP contribution in [0.1, 0.15) is 11.1 Å². The van der Waals surface area contributed by atoms with Crippen LogP contribution in [0, 0.1) is 6.92 Å². The van der Waals surface area contributed by atoms with Crippen LogP contribution in [0.15, 0.2) is 41.0 Å². The van der Waals surface area contributed by atoms with Crippen LogP contribution in [0.25, 0.3) is 0 Å². The Morgan fingerprint density at radius 3 is 2.50 bits per heavy atom. The number of hydrogen-bond donors (Lipinski definition) is 4. The van der Waals surface area contributed by atoms with E-state index in [1.165, 1.54) is 0 Å². The highest BCUT2D eigenvalue weighted by atomic mass is 16.5. The molecule has 0 atom stereocenters. The van der Waals surface area contributed by atoms with Gasteiger partial charge in [-0.2, -0.15) is 4.99 Å². The SMILES string of the molecule is Cc1ccc(C2=NC(O)=C(N)N(O)N2)cc1. The maximum absolute atomic E-state index is 9.36. The Hall–Kier alpha value is -2.21. The monoisotopic (exact) mass is 220 g/mol. The lowest BCUT2D eigenvalue weighted by Crippen LogP contribution is -2.45. The van der Waals surface area contributed by atoms with Crippen LogP contribution < -0.4 is 11.2 Å². The van der Waals surface area contributed by atoms with Gasteiger partial charge in [0.25, 0.3) is 5.88 Å². The van der Waals surface area contributed by atoms with E-state index in [0.29, 0.717) is 11.0 Å². The molecule has 1 heterocycles. The third-order valence-electron chi connectivity index (χ3n) is 2.21. The summed E-state index contributed by atoms with van der Waals surface area (Å²) < 4.78 is 0. The molecule has 16 heavy (non-hydrogen) atoms. The summed E-state index contributed by atoms with van der Waals surface area (Å²) in [5.41, 5.74) is 9.70. The van der Waals surface area contributed by atoms with Gasteiger partial charge in [0.05, 0.1) is 0 Å². The molecule has 0 bridgehead atoms. The molecule has 1 aromatic carbocycles. The van der Waals surface area contributed by atoms with E-state index in [2.05, 4.69) is 10.4 Å². The van der Waals surface area contributed by atoms with Crippen molar-refractivity contribution in [3.8, 4) is 0 Å². The third kappa shape index (κ3) is 1.78. The molecule has 1 aromatic rings. The second kappa shape index (κ2) is 3.74. The molecule has 6 heteroatoms. The lowest BCUT2D eigenvalue weighted by atomic mass is 10.1. The molecule has 5 N–H and O–H groups in total. The summed E-state index contributed by atoms with van der Waals surface area (Å²) in [7, 11) is 0. The van der Waals surface area contributed by atoms with E-state index in [4.69, 9.17) is 5.73 Å². The minimum absolute atomic E-state index is 0.240. The van der Waals surface area contributed by atoms with Gasteiger partial charge in [0.1, 0.15) is 0 Å². The number of hydrogen-bond acceptors (Lipinski definition) is 6. The quantitative estimate of drug-likeness (QED) is 0.556. The topological polar surface area (TPSA) is 94.1 Å². The average molecular weight is 220 g/mol. The van der Waals surface area contributed by atoms with Gasteiger partial charge in [-0.05, 0) is 6.92 Å². The lowest BCUT2D eigenvalue weighted by molar-refractivity contribution is -0.0899. The zero-order chi connectivity index (χ0) is 11.7. The van der Waals surface area contributed by atoms with Crippen molar-refractivity contribution in [3.63, 3.8) is 0 Å². The minimum atomic E-state index is -0.420. The second-order valence-electron chi connectivity index (χ2n) is 3.46. The highest BCUT2D eigenvalue weighted by molar-refractivity contribution is 5.99. The largest absolute Gasteiger partial charge is 0.491 e. The highest BCUT2D eigenvalue weighted by Gasteiger charge is 2.18. The summed E-state index contributed by atoms with van der Waals surface area (Å²) in [5, 5.41) is 19.2. The number of nitrogens with one attached hydrogen (secondary N) is 1. The molecule has 0 aromatic heterocycles. The molecular formula is C10H12N4O2. The zero-order valence-corrected chi connectivity index (χ0v) is 8.68. The van der Waals surface area contributed by atoms with Crippen LogP contribution in [-0.4, -0.2) is 21.3 Å². The fourth-order valence-corrected chi connectivity index (χ4v) is 1.28. The number of hydrazine groups is 1. The molecule has 0 aliphatic carbocycles. The van der Waals surface area contributed by atoms with Crippen LogP contribution >= 0.6 is 0 Å². The van der Waals surface area contributed by atoms with E-state index in [1.807, 2.05) is 31.2 Å². The van der Waals surface area contributed by atoms with Gasteiger partial charge in [-0.25, -0.2) is 0 Å². The first-order valence-electron chi connectivity index (χ1n) is 4.68. The summed E-state index contributed by atoms with van der Waals surface area (Å²) in [6.07, 6.45) is 0. The summed E-state index contributed by atoms with van der Waals surface area (Å²) in [6.45, 7) is 1.97. The smallest absolute Gasteiger partial charge is 0.259 e. The Morgan fingerprint density at radius 1 is 1.31 bits per heavy atom. The molecule has 0 radical (unpaired) electrons. The molecule has 0 saturated heterocycles. The number of nitrogens with zero attached hydrogens (tertiary/aromatic N) is 2. The number of amidine groups is 1. The van der Waals surface area contributed by atoms with Gasteiger partial charge in [0.2, 0.25) is 5.82 Å². The van der Waals surface area contributed by atoms with E-state index in [-0.39, 0.29) is 5.82 Å². The van der Waals surface area contributed by atoms with Crippen molar-refractivity contribution in [1.29, 1.82) is 0 Å². The van der Waals surface area contributed by atoms with Gasteiger partial charge in [-0.1, -0.05) is 29.8 Å². The van der Waals surface area contributed by atoms with Gasteiger partial charge >= 0.3 is 0 Å². The van der Waals surface area contributed by atoms with E-state index in [0.717, 1.165) is 11.1 Å². The van der Waals surface area contributed by atoms with Gasteiger partial charge in [-0.15, -0.1) is 5.17 Å². The number of benzene rings is 1. The van der Waals surface area contributed by atoms with E-state index >= 15 is 0 Å². The van der Waals surface area contributed by atoms with Crippen LogP contribution in [-0.2, 0) is 0 Å². The maximum atomic E-state index is 9.36. The van der Waals surface area contributed by atoms with Crippen LogP contribution in [0.5, 0.6) is 0 Å². The van der Waals surface area contributed by atoms with Crippen LogP contribution in [0.4, 0.5) is 0 Å². The third-order valence-corrected chi connectivity index (χ3v) is 2.21. The van der Waals surface area contributed by atoms with Gasteiger partial charge in [0, 0.05) is 5.56 Å². The summed E-state index contributed by atoms with van der Waals surface area (Å²) in [6, 6.07) is 7.45. The van der Waals surface area contributed by atoms with Gasteiger partial charge < -0.3 is 10.8 Å². The summed E-state index contributed by atoms with van der Waals surface area (Å²) in [5.74, 6) is -0.332. The molecule has 0 fully saturated rings. The molecule has 0 saturated carbocycles. The Morgan fingerprint density at radius 2 is 1.94 bits per heavy atom. The van der Waals surface area contributed by atoms with Crippen LogP contribution in [0.3, 0.4) is 0 Å². The summed E-state index contributed by atoms with van der Waals surface area (Å²) in [4.78, 5) is 3.83. The molecule has 6 nitrogen and oxygen atoms in total. The highest BCUT2D eigenvalue weighted by Crippen LogP contribution is 2.11. The summed E-state index contributed by atoms with van der Waals surface area (Å²) >= 11 is 0. The first-order valence-corrected chi connectivity index (χ1v) is 4.68. The Balaban J connectivity index is 2.36. The van der Waals surface area contributed by atoms with Crippen molar-refractivity contribution in [2.75, 3.05) is 0 Å². The fourth-order valence-electron chi connectivity index (χ4n) is 1.28. The van der Waals surface area contributed by atoms with Crippen molar-refractivity contribution in [3.05, 3.63) is 47.1 Å². The first-order chi connectivity index (χ1) is 7.58. The van der Waals surface area contributed by atoms with Crippen LogP contribution in [0.2, 0.25) is 0 Å². The minimum Gasteiger partial charge on any atom is -0.491 e. The number of hydroxylamine groups is 1. The van der Waals surface area contributed by atoms with E-state index in [9.17, 15) is 10.3 Å². The molecule has 2 rings (SSSR count). The second-order valence-corrected chi connectivity index (χ2v) is 3.46. The molecule has 84 valence electrons. The average Bonchev–Trinajstić information content (AvgIpc) is 2.26. The number of rotatable bonds is 1. The standard InChI is InChI=1S/C10H12N4O2/c1-6-2-4-7(5-3-6)9-12-10(15)8(11)14(16)13-9/h2-5,15-16H,11H2,1H3,(H,12,13). The van der Waals surface area contributed by atoms with Crippen molar-refractivity contribution < 1.29 is 10.3 Å². The predicted molar refractivity (Wildman–Crippen MR) is 58.3 cm³/mol. The predicted octanol–water partition coefficient (Wildman–Crippen LogP) is 0.594. The molecule has 1 aliphatic rings. The molecule has 1 aliphatic heterocycles. The fraction of sp³-hybridized carbons (Fsp3) is 0.100. The number of aliphatic hydroxyl groups is 1. The number of aliphatic hydroxyl groups excluding tert-OH is 1. The number of nitrogens with two attached hydrogens (primary N) is 1. The first kappa shape index (κ1) is 10.3. The Kier molecular flexibility index (Phi) is 2.41. The molecule has 0 unspecified atom stereocenters. The van der Waals surface area contributed by atoms with E-state index < -0.39 is 5.88 Å².